The van der Waals surface area contributed by atoms with Crippen molar-refractivity contribution in [2.75, 3.05) is 11.9 Å². The molecule has 0 bridgehead atoms. The van der Waals surface area contributed by atoms with Crippen LogP contribution in [0.3, 0.4) is 0 Å². The van der Waals surface area contributed by atoms with Crippen molar-refractivity contribution < 1.29 is 4.79 Å². The van der Waals surface area contributed by atoms with Crippen LogP contribution in [0, 0.1) is 0 Å². The summed E-state index contributed by atoms with van der Waals surface area (Å²) in [4.78, 5) is 15.8. The Morgan fingerprint density at radius 1 is 1.35 bits per heavy atom. The van der Waals surface area contributed by atoms with Gasteiger partial charge in [-0.25, -0.2) is 0 Å². The summed E-state index contributed by atoms with van der Waals surface area (Å²) in [6.07, 6.45) is 6.95. The van der Waals surface area contributed by atoms with Crippen LogP contribution in [-0.4, -0.2) is 33.3 Å². The van der Waals surface area contributed by atoms with Crippen LogP contribution in [0.15, 0.2) is 43.0 Å². The largest absolute Gasteiger partial charge is 0.324 e. The molecule has 0 radical (unpaired) electrons. The van der Waals surface area contributed by atoms with Crippen LogP contribution in [0.2, 0.25) is 0 Å². The second kappa shape index (κ2) is 6.81. The molecule has 0 saturated carbocycles. The molecule has 2 N–H and O–H groups in total. The topological polar surface area (TPSA) is 71.8 Å². The van der Waals surface area contributed by atoms with Crippen molar-refractivity contribution in [1.29, 1.82) is 0 Å². The van der Waals surface area contributed by atoms with E-state index < -0.39 is 0 Å². The lowest BCUT2D eigenvalue weighted by Crippen LogP contribution is -2.39. The Morgan fingerprint density at radius 2 is 2.20 bits per heavy atom. The van der Waals surface area contributed by atoms with Gasteiger partial charge in [0.05, 0.1) is 24.5 Å². The fraction of sp³-hybridized carbons (Fsp3) is 0.357. The molecule has 2 aromatic rings. The van der Waals surface area contributed by atoms with E-state index in [9.17, 15) is 4.79 Å². The highest BCUT2D eigenvalue weighted by Gasteiger charge is 2.14. The van der Waals surface area contributed by atoms with Crippen LogP contribution in [-0.2, 0) is 4.79 Å². The van der Waals surface area contributed by atoms with Crippen LogP contribution >= 0.6 is 0 Å². The third-order valence-corrected chi connectivity index (χ3v) is 3.20. The summed E-state index contributed by atoms with van der Waals surface area (Å²) < 4.78 is 1.87. The molecule has 0 unspecified atom stereocenters. The summed E-state index contributed by atoms with van der Waals surface area (Å²) in [5, 5.41) is 10.2. The molecule has 2 aromatic heterocycles. The van der Waals surface area contributed by atoms with Crippen LogP contribution in [0.5, 0.6) is 0 Å². The molecule has 20 heavy (non-hydrogen) atoms. The van der Waals surface area contributed by atoms with Crippen LogP contribution in [0.1, 0.15) is 19.9 Å². The lowest BCUT2D eigenvalue weighted by Gasteiger charge is -2.21. The minimum Gasteiger partial charge on any atom is -0.324 e. The molecule has 0 aliphatic heterocycles. The van der Waals surface area contributed by atoms with E-state index in [-0.39, 0.29) is 24.5 Å². The zero-order valence-corrected chi connectivity index (χ0v) is 11.7. The zero-order chi connectivity index (χ0) is 14.4. The number of amides is 1. The average molecular weight is 273 g/mol. The Balaban J connectivity index is 1.78. The number of nitrogens with one attached hydrogen (secondary N) is 2. The molecular weight excluding hydrogens is 254 g/mol. The molecule has 6 heteroatoms. The summed E-state index contributed by atoms with van der Waals surface area (Å²) in [5.74, 6) is -0.0856. The Kier molecular flexibility index (Phi) is 4.84. The van der Waals surface area contributed by atoms with Crippen molar-refractivity contribution in [1.82, 2.24) is 20.1 Å². The third-order valence-electron chi connectivity index (χ3n) is 3.20. The van der Waals surface area contributed by atoms with Gasteiger partial charge in [-0.1, -0.05) is 0 Å². The van der Waals surface area contributed by atoms with E-state index >= 15 is 0 Å². The first-order valence-electron chi connectivity index (χ1n) is 6.59. The molecule has 0 saturated heterocycles. The number of nitrogens with zero attached hydrogens (tertiary/aromatic N) is 3. The lowest BCUT2D eigenvalue weighted by molar-refractivity contribution is -0.115. The molecule has 106 valence electrons. The first-order chi connectivity index (χ1) is 9.66. The highest BCUT2D eigenvalue weighted by molar-refractivity contribution is 5.92. The molecular formula is C14H19N5O. The maximum atomic E-state index is 11.8. The maximum Gasteiger partial charge on any atom is 0.238 e. The third kappa shape index (κ3) is 3.89. The van der Waals surface area contributed by atoms with Gasteiger partial charge in [0.1, 0.15) is 0 Å². The van der Waals surface area contributed by atoms with E-state index in [0.29, 0.717) is 5.69 Å². The minimum absolute atomic E-state index is 0.0856. The van der Waals surface area contributed by atoms with E-state index in [1.807, 2.05) is 23.9 Å². The second-order valence-corrected chi connectivity index (χ2v) is 4.69. The van der Waals surface area contributed by atoms with Gasteiger partial charge in [0, 0.05) is 24.6 Å². The molecule has 1 amide bonds. The van der Waals surface area contributed by atoms with Gasteiger partial charge in [0.15, 0.2) is 0 Å². The van der Waals surface area contributed by atoms with Crippen molar-refractivity contribution >= 4 is 11.6 Å². The summed E-state index contributed by atoms with van der Waals surface area (Å²) in [5.41, 5.74) is 0.701. The van der Waals surface area contributed by atoms with Crippen molar-refractivity contribution in [2.24, 2.45) is 0 Å². The van der Waals surface area contributed by atoms with Crippen molar-refractivity contribution in [2.45, 2.75) is 25.9 Å². The SMILES string of the molecule is C[C@H](NCC(=O)Nc1cccnc1)[C@H](C)n1cccn1. The van der Waals surface area contributed by atoms with Crippen molar-refractivity contribution in [3.05, 3.63) is 43.0 Å². The van der Waals surface area contributed by atoms with E-state index in [1.54, 1.807) is 30.7 Å². The maximum absolute atomic E-state index is 11.8. The van der Waals surface area contributed by atoms with Crippen LogP contribution in [0.25, 0.3) is 0 Å². The molecule has 0 fully saturated rings. The number of anilines is 1. The van der Waals surface area contributed by atoms with Gasteiger partial charge >= 0.3 is 0 Å². The van der Waals surface area contributed by atoms with Crippen molar-refractivity contribution in [3.8, 4) is 0 Å². The number of rotatable bonds is 6. The van der Waals surface area contributed by atoms with E-state index in [4.69, 9.17) is 0 Å². The highest BCUT2D eigenvalue weighted by atomic mass is 16.1. The predicted molar refractivity (Wildman–Crippen MR) is 77.3 cm³/mol. The Labute approximate surface area is 118 Å². The highest BCUT2D eigenvalue weighted by Crippen LogP contribution is 2.08. The normalized spacial score (nSPS) is 13.7. The predicted octanol–water partition coefficient (Wildman–Crippen LogP) is 1.46. The first kappa shape index (κ1) is 14.2. The van der Waals surface area contributed by atoms with Crippen molar-refractivity contribution in [3.63, 3.8) is 0 Å². The Morgan fingerprint density at radius 3 is 2.85 bits per heavy atom. The Bertz CT molecular complexity index is 526. The van der Waals surface area contributed by atoms with Crippen LogP contribution in [0.4, 0.5) is 5.69 Å². The quantitative estimate of drug-likeness (QED) is 0.835. The van der Waals surface area contributed by atoms with Gasteiger partial charge in [0.25, 0.3) is 0 Å². The number of aromatic nitrogens is 3. The van der Waals surface area contributed by atoms with E-state index in [1.165, 1.54) is 0 Å². The number of pyridine rings is 1. The van der Waals surface area contributed by atoms with Gasteiger partial charge in [-0.05, 0) is 32.0 Å². The van der Waals surface area contributed by atoms with Gasteiger partial charge in [-0.3, -0.25) is 14.5 Å². The van der Waals surface area contributed by atoms with Crippen LogP contribution < -0.4 is 10.6 Å². The lowest BCUT2D eigenvalue weighted by atomic mass is 10.2. The number of hydrogen-bond donors (Lipinski definition) is 2. The Hall–Kier alpha value is -2.21. The fourth-order valence-corrected chi connectivity index (χ4v) is 1.82. The average Bonchev–Trinajstić information content (AvgIpc) is 2.99. The number of carbonyl (C=O) groups excluding carboxylic acids is 1. The molecule has 2 rings (SSSR count). The van der Waals surface area contributed by atoms with Gasteiger partial charge in [-0.15, -0.1) is 0 Å². The number of hydrogen-bond acceptors (Lipinski definition) is 4. The molecule has 0 spiro atoms. The molecule has 2 heterocycles. The van der Waals surface area contributed by atoms with E-state index in [0.717, 1.165) is 0 Å². The summed E-state index contributed by atoms with van der Waals surface area (Å²) in [6.45, 7) is 4.34. The second-order valence-electron chi connectivity index (χ2n) is 4.69. The standard InChI is InChI=1S/C14H19N5O/c1-11(12(2)19-8-4-7-17-19)16-10-14(20)18-13-5-3-6-15-9-13/h3-9,11-12,16H,10H2,1-2H3,(H,18,20)/t11-,12-/m0/s1. The van der Waals surface area contributed by atoms with Gasteiger partial charge in [0.2, 0.25) is 5.91 Å². The monoisotopic (exact) mass is 273 g/mol. The fourth-order valence-electron chi connectivity index (χ4n) is 1.82. The van der Waals surface area contributed by atoms with E-state index in [2.05, 4.69) is 27.6 Å². The number of carbonyl (C=O) groups is 1. The molecule has 0 aromatic carbocycles. The smallest absolute Gasteiger partial charge is 0.238 e. The molecule has 6 nitrogen and oxygen atoms in total. The zero-order valence-electron chi connectivity index (χ0n) is 11.7. The summed E-state index contributed by atoms with van der Waals surface area (Å²) >= 11 is 0. The first-order valence-corrected chi connectivity index (χ1v) is 6.59. The minimum atomic E-state index is -0.0856. The molecule has 2 atom stereocenters. The van der Waals surface area contributed by atoms with Gasteiger partial charge in [-0.2, -0.15) is 5.10 Å². The van der Waals surface area contributed by atoms with Gasteiger partial charge < -0.3 is 10.6 Å². The molecule has 0 aliphatic carbocycles. The summed E-state index contributed by atoms with van der Waals surface area (Å²) in [7, 11) is 0. The molecule has 0 aliphatic rings. The summed E-state index contributed by atoms with van der Waals surface area (Å²) in [6, 6.07) is 5.79.